The van der Waals surface area contributed by atoms with Crippen molar-refractivity contribution in [2.75, 3.05) is 31.5 Å². The van der Waals surface area contributed by atoms with E-state index in [0.717, 1.165) is 32.7 Å². The second kappa shape index (κ2) is 8.68. The summed E-state index contributed by atoms with van der Waals surface area (Å²) in [5.41, 5.74) is 1.26. The quantitative estimate of drug-likeness (QED) is 0.677. The summed E-state index contributed by atoms with van der Waals surface area (Å²) in [6.07, 6.45) is 0. The van der Waals surface area contributed by atoms with Crippen molar-refractivity contribution in [1.82, 2.24) is 4.90 Å². The molecule has 0 aliphatic carbocycles. The zero-order valence-corrected chi connectivity index (χ0v) is 17.0. The largest absolute Gasteiger partial charge is 0.328 e. The molecule has 1 saturated heterocycles. The van der Waals surface area contributed by atoms with Crippen LogP contribution in [0.4, 0.5) is 5.69 Å². The van der Waals surface area contributed by atoms with Gasteiger partial charge in [-0.2, -0.15) is 0 Å². The Kier molecular flexibility index (Phi) is 5.85. The fourth-order valence-electron chi connectivity index (χ4n) is 3.38. The van der Waals surface area contributed by atoms with Crippen molar-refractivity contribution in [3.05, 3.63) is 74.6 Å². The third-order valence-electron chi connectivity index (χ3n) is 4.87. The van der Waals surface area contributed by atoms with Crippen LogP contribution in [0.25, 0.3) is 0 Å². The van der Waals surface area contributed by atoms with Gasteiger partial charge in [-0.25, -0.2) is 0 Å². The van der Waals surface area contributed by atoms with E-state index in [2.05, 4.69) is 22.8 Å². The SMILES string of the molecule is O=C(Nc1cccc(C(=O)N2CC[NH+](Cc3cccs3)CC2)c1)c1cccs1. The van der Waals surface area contributed by atoms with E-state index in [1.807, 2.05) is 34.5 Å². The number of carbonyl (C=O) groups is 2. The lowest BCUT2D eigenvalue weighted by molar-refractivity contribution is -0.917. The number of rotatable bonds is 5. The fourth-order valence-corrected chi connectivity index (χ4v) is 4.77. The Balaban J connectivity index is 1.35. The summed E-state index contributed by atoms with van der Waals surface area (Å²) in [6, 6.07) is 15.1. The molecule has 0 bridgehead atoms. The van der Waals surface area contributed by atoms with Crippen LogP contribution in [0, 0.1) is 0 Å². The lowest BCUT2D eigenvalue weighted by Gasteiger charge is -2.32. The summed E-state index contributed by atoms with van der Waals surface area (Å²) in [4.78, 5) is 30.6. The maximum atomic E-state index is 12.9. The summed E-state index contributed by atoms with van der Waals surface area (Å²) >= 11 is 3.19. The number of anilines is 1. The van der Waals surface area contributed by atoms with Crippen molar-refractivity contribution in [3.63, 3.8) is 0 Å². The van der Waals surface area contributed by atoms with Gasteiger partial charge in [-0.05, 0) is 41.1 Å². The van der Waals surface area contributed by atoms with Gasteiger partial charge in [0.25, 0.3) is 11.8 Å². The first-order valence-electron chi connectivity index (χ1n) is 9.29. The van der Waals surface area contributed by atoms with Crippen molar-refractivity contribution in [3.8, 4) is 0 Å². The van der Waals surface area contributed by atoms with Gasteiger partial charge in [0.05, 0.1) is 35.9 Å². The number of hydrogen-bond acceptors (Lipinski definition) is 4. The third-order valence-corrected chi connectivity index (χ3v) is 6.62. The van der Waals surface area contributed by atoms with Crippen LogP contribution in [0.15, 0.2) is 59.3 Å². The number of thiophene rings is 2. The Morgan fingerprint density at radius 3 is 2.50 bits per heavy atom. The molecule has 1 aromatic carbocycles. The molecule has 1 fully saturated rings. The molecule has 2 aromatic heterocycles. The van der Waals surface area contributed by atoms with Gasteiger partial charge >= 0.3 is 0 Å². The maximum absolute atomic E-state index is 12.9. The van der Waals surface area contributed by atoms with Crippen LogP contribution < -0.4 is 10.2 Å². The zero-order chi connectivity index (χ0) is 19.3. The van der Waals surface area contributed by atoms with Gasteiger partial charge in [-0.1, -0.05) is 18.2 Å². The Morgan fingerprint density at radius 1 is 1.00 bits per heavy atom. The summed E-state index contributed by atoms with van der Waals surface area (Å²) in [6.45, 7) is 4.46. The first-order valence-corrected chi connectivity index (χ1v) is 11.0. The molecule has 2 amide bonds. The minimum atomic E-state index is -0.148. The Hall–Kier alpha value is -2.48. The highest BCUT2D eigenvalue weighted by Gasteiger charge is 2.25. The summed E-state index contributed by atoms with van der Waals surface area (Å²) < 4.78 is 0. The molecule has 144 valence electrons. The summed E-state index contributed by atoms with van der Waals surface area (Å²) in [7, 11) is 0. The van der Waals surface area contributed by atoms with Crippen LogP contribution in [-0.2, 0) is 6.54 Å². The van der Waals surface area contributed by atoms with Crippen LogP contribution in [0.2, 0.25) is 0 Å². The summed E-state index contributed by atoms with van der Waals surface area (Å²) in [5.74, 6) is -0.118. The molecule has 0 atom stereocenters. The predicted octanol–water partition coefficient (Wildman–Crippen LogP) is 2.60. The number of benzene rings is 1. The average Bonchev–Trinajstić information content (AvgIpc) is 3.42. The number of piperazine rings is 1. The van der Waals surface area contributed by atoms with Crippen LogP contribution in [0.5, 0.6) is 0 Å². The molecule has 0 saturated carbocycles. The van der Waals surface area contributed by atoms with Crippen molar-refractivity contribution in [1.29, 1.82) is 0 Å². The molecule has 3 heterocycles. The number of carbonyl (C=O) groups excluding carboxylic acids is 2. The van der Waals surface area contributed by atoms with Crippen LogP contribution >= 0.6 is 22.7 Å². The van der Waals surface area contributed by atoms with Gasteiger partial charge in [-0.15, -0.1) is 22.7 Å². The molecule has 0 radical (unpaired) electrons. The standard InChI is InChI=1S/C21H21N3O2S2/c25-20(19-7-3-13-28-19)22-17-5-1-4-16(14-17)21(26)24-10-8-23(9-11-24)15-18-6-2-12-27-18/h1-7,12-14H,8-11,15H2,(H,22,25)/p+1. The smallest absolute Gasteiger partial charge is 0.265 e. The second-order valence-electron chi connectivity index (χ2n) is 6.81. The highest BCUT2D eigenvalue weighted by atomic mass is 32.1. The van der Waals surface area contributed by atoms with Gasteiger partial charge in [-0.3, -0.25) is 9.59 Å². The topological polar surface area (TPSA) is 53.9 Å². The lowest BCUT2D eigenvalue weighted by atomic mass is 10.1. The molecule has 0 unspecified atom stereocenters. The van der Waals surface area contributed by atoms with Crippen molar-refractivity contribution >= 4 is 40.2 Å². The Labute approximate surface area is 172 Å². The maximum Gasteiger partial charge on any atom is 0.265 e. The van der Waals surface area contributed by atoms with Crippen molar-refractivity contribution < 1.29 is 14.5 Å². The number of quaternary nitrogens is 1. The van der Waals surface area contributed by atoms with Crippen LogP contribution in [-0.4, -0.2) is 42.9 Å². The third kappa shape index (κ3) is 4.49. The van der Waals surface area contributed by atoms with E-state index < -0.39 is 0 Å². The van der Waals surface area contributed by atoms with E-state index in [1.54, 1.807) is 23.5 Å². The van der Waals surface area contributed by atoms with Crippen LogP contribution in [0.1, 0.15) is 24.9 Å². The first kappa shape index (κ1) is 18.9. The zero-order valence-electron chi connectivity index (χ0n) is 15.4. The Bertz CT molecular complexity index is 930. The lowest BCUT2D eigenvalue weighted by Crippen LogP contribution is -3.13. The predicted molar refractivity (Wildman–Crippen MR) is 113 cm³/mol. The molecule has 28 heavy (non-hydrogen) atoms. The van der Waals surface area contributed by atoms with E-state index in [4.69, 9.17) is 0 Å². The van der Waals surface area contributed by atoms with Gasteiger partial charge in [0.15, 0.2) is 0 Å². The van der Waals surface area contributed by atoms with Gasteiger partial charge in [0.2, 0.25) is 0 Å². The first-order chi connectivity index (χ1) is 13.7. The van der Waals surface area contributed by atoms with E-state index in [-0.39, 0.29) is 11.8 Å². The molecule has 3 aromatic rings. The molecule has 0 spiro atoms. The van der Waals surface area contributed by atoms with Gasteiger partial charge in [0, 0.05) is 11.3 Å². The van der Waals surface area contributed by atoms with E-state index in [1.165, 1.54) is 21.1 Å². The summed E-state index contributed by atoms with van der Waals surface area (Å²) in [5, 5.41) is 6.85. The second-order valence-corrected chi connectivity index (χ2v) is 8.79. The van der Waals surface area contributed by atoms with Crippen molar-refractivity contribution in [2.45, 2.75) is 6.54 Å². The molecule has 1 aliphatic heterocycles. The monoisotopic (exact) mass is 412 g/mol. The van der Waals surface area contributed by atoms with Gasteiger partial charge in [0.1, 0.15) is 6.54 Å². The molecule has 7 heteroatoms. The number of amides is 2. The molecular weight excluding hydrogens is 390 g/mol. The van der Waals surface area contributed by atoms with Crippen LogP contribution in [0.3, 0.4) is 0 Å². The van der Waals surface area contributed by atoms with Gasteiger partial charge < -0.3 is 15.1 Å². The fraction of sp³-hybridized carbons (Fsp3) is 0.238. The number of nitrogens with one attached hydrogen (secondary N) is 2. The number of nitrogens with zero attached hydrogens (tertiary/aromatic N) is 1. The average molecular weight is 413 g/mol. The molecule has 1 aliphatic rings. The normalized spacial score (nSPS) is 14.8. The van der Waals surface area contributed by atoms with Crippen molar-refractivity contribution in [2.24, 2.45) is 0 Å². The molecule has 2 N–H and O–H groups in total. The van der Waals surface area contributed by atoms with E-state index >= 15 is 0 Å². The molecular formula is C21H22N3O2S2+. The van der Waals surface area contributed by atoms with E-state index in [9.17, 15) is 9.59 Å². The number of hydrogen-bond donors (Lipinski definition) is 2. The molecule has 4 rings (SSSR count). The Morgan fingerprint density at radius 2 is 1.79 bits per heavy atom. The minimum absolute atomic E-state index is 0.0300. The minimum Gasteiger partial charge on any atom is -0.328 e. The highest BCUT2D eigenvalue weighted by Crippen LogP contribution is 2.16. The molecule has 5 nitrogen and oxygen atoms in total. The van der Waals surface area contributed by atoms with E-state index in [0.29, 0.717) is 16.1 Å². The highest BCUT2D eigenvalue weighted by molar-refractivity contribution is 7.12.